The second-order valence-corrected chi connectivity index (χ2v) is 7.50. The van der Waals surface area contributed by atoms with Gasteiger partial charge in [0.05, 0.1) is 11.4 Å². The maximum absolute atomic E-state index is 11.7. The van der Waals surface area contributed by atoms with Gasteiger partial charge in [0.1, 0.15) is 0 Å². The van der Waals surface area contributed by atoms with Gasteiger partial charge in [-0.15, -0.1) is 0 Å². The van der Waals surface area contributed by atoms with Crippen LogP contribution in [0, 0.1) is 13.8 Å². The summed E-state index contributed by atoms with van der Waals surface area (Å²) in [5.74, 6) is 0. The van der Waals surface area contributed by atoms with E-state index in [1.54, 1.807) is 0 Å². The number of nitrogens with one attached hydrogen (secondary N) is 2. The van der Waals surface area contributed by atoms with Crippen molar-refractivity contribution in [1.82, 2.24) is 25.3 Å². The largest absolute Gasteiger partial charge is 0.336 e. The van der Waals surface area contributed by atoms with E-state index in [-0.39, 0.29) is 6.03 Å². The summed E-state index contributed by atoms with van der Waals surface area (Å²) in [4.78, 5) is 13.5. The highest BCUT2D eigenvalue weighted by atomic mass is 16.2. The SMILES string of the molecule is Cc1ccc(C)c(-n2cc(CNCCN3CCNC3=O)c(-c3ccccc3)n2)c1. The lowest BCUT2D eigenvalue weighted by Crippen LogP contribution is -2.34. The Balaban J connectivity index is 1.55. The smallest absolute Gasteiger partial charge is 0.317 e. The number of hydrogen-bond acceptors (Lipinski definition) is 3. The van der Waals surface area contributed by atoms with Crippen LogP contribution < -0.4 is 10.6 Å². The van der Waals surface area contributed by atoms with Gasteiger partial charge in [-0.25, -0.2) is 9.48 Å². The molecule has 2 aromatic carbocycles. The van der Waals surface area contributed by atoms with Crippen LogP contribution in [0.2, 0.25) is 0 Å². The fraction of sp³-hybridized carbons (Fsp3) is 0.304. The minimum Gasteiger partial charge on any atom is -0.336 e. The fourth-order valence-electron chi connectivity index (χ4n) is 3.63. The standard InChI is InChI=1S/C23H27N5O/c1-17-8-9-18(2)21(14-17)28-16-20(22(26-28)19-6-4-3-5-7-19)15-24-10-12-27-13-11-25-23(27)29/h3-9,14,16,24H,10-13,15H2,1-2H3,(H,25,29). The van der Waals surface area contributed by atoms with Crippen molar-refractivity contribution in [3.8, 4) is 16.9 Å². The number of rotatable bonds is 7. The molecule has 0 aliphatic carbocycles. The summed E-state index contributed by atoms with van der Waals surface area (Å²) in [5.41, 5.74) is 6.73. The molecule has 0 bridgehead atoms. The van der Waals surface area contributed by atoms with Crippen LogP contribution >= 0.6 is 0 Å². The van der Waals surface area contributed by atoms with E-state index in [0.717, 1.165) is 42.1 Å². The number of amides is 2. The third-order valence-corrected chi connectivity index (χ3v) is 5.27. The maximum atomic E-state index is 11.7. The van der Waals surface area contributed by atoms with Crippen molar-refractivity contribution in [2.45, 2.75) is 20.4 Å². The molecule has 1 fully saturated rings. The molecule has 0 unspecified atom stereocenters. The van der Waals surface area contributed by atoms with Crippen LogP contribution in [0.1, 0.15) is 16.7 Å². The summed E-state index contributed by atoms with van der Waals surface area (Å²) in [5, 5.41) is 11.2. The molecule has 1 aromatic heterocycles. The molecular weight excluding hydrogens is 362 g/mol. The summed E-state index contributed by atoms with van der Waals surface area (Å²) in [7, 11) is 0. The molecule has 3 aromatic rings. The van der Waals surface area contributed by atoms with Crippen LogP contribution in [0.25, 0.3) is 16.9 Å². The Morgan fingerprint density at radius 3 is 2.72 bits per heavy atom. The average Bonchev–Trinajstić information content (AvgIpc) is 3.34. The predicted octanol–water partition coefficient (Wildman–Crippen LogP) is 3.27. The van der Waals surface area contributed by atoms with E-state index in [1.807, 2.05) is 27.8 Å². The van der Waals surface area contributed by atoms with Crippen LogP contribution in [0.15, 0.2) is 54.7 Å². The van der Waals surface area contributed by atoms with E-state index in [0.29, 0.717) is 13.1 Å². The molecule has 150 valence electrons. The number of aryl methyl sites for hydroxylation is 2. The third-order valence-electron chi connectivity index (χ3n) is 5.27. The Kier molecular flexibility index (Phi) is 5.62. The minimum absolute atomic E-state index is 0.0273. The van der Waals surface area contributed by atoms with Gasteiger partial charge in [0.25, 0.3) is 0 Å². The number of nitrogens with zero attached hydrogens (tertiary/aromatic N) is 3. The van der Waals surface area contributed by atoms with Gasteiger partial charge in [-0.05, 0) is 31.0 Å². The summed E-state index contributed by atoms with van der Waals surface area (Å²) in [6.07, 6.45) is 2.11. The van der Waals surface area contributed by atoms with Crippen molar-refractivity contribution in [2.24, 2.45) is 0 Å². The summed E-state index contributed by atoms with van der Waals surface area (Å²) in [6.45, 7) is 7.87. The van der Waals surface area contributed by atoms with E-state index >= 15 is 0 Å². The first-order valence-electron chi connectivity index (χ1n) is 10.1. The quantitative estimate of drug-likeness (QED) is 0.610. The molecular formula is C23H27N5O. The van der Waals surface area contributed by atoms with Gasteiger partial charge in [0.15, 0.2) is 0 Å². The number of aromatic nitrogens is 2. The molecule has 6 nitrogen and oxygen atoms in total. The maximum Gasteiger partial charge on any atom is 0.317 e. The number of urea groups is 1. The molecule has 29 heavy (non-hydrogen) atoms. The van der Waals surface area contributed by atoms with E-state index in [2.05, 4.69) is 61.0 Å². The number of hydrogen-bond donors (Lipinski definition) is 2. The molecule has 1 aliphatic rings. The minimum atomic E-state index is 0.0273. The van der Waals surface area contributed by atoms with Crippen molar-refractivity contribution in [3.63, 3.8) is 0 Å². The van der Waals surface area contributed by atoms with Crippen LogP contribution in [-0.2, 0) is 6.54 Å². The zero-order chi connectivity index (χ0) is 20.2. The number of benzene rings is 2. The van der Waals surface area contributed by atoms with Gasteiger partial charge in [-0.1, -0.05) is 42.5 Å². The van der Waals surface area contributed by atoms with Crippen LogP contribution in [-0.4, -0.2) is 46.9 Å². The fourth-order valence-corrected chi connectivity index (χ4v) is 3.63. The molecule has 0 atom stereocenters. The van der Waals surface area contributed by atoms with Crippen LogP contribution in [0.3, 0.4) is 0 Å². The molecule has 1 aliphatic heterocycles. The number of carbonyl (C=O) groups is 1. The van der Waals surface area contributed by atoms with E-state index < -0.39 is 0 Å². The molecule has 0 radical (unpaired) electrons. The Bertz CT molecular complexity index is 996. The zero-order valence-electron chi connectivity index (χ0n) is 17.0. The summed E-state index contributed by atoms with van der Waals surface area (Å²) < 4.78 is 1.98. The third kappa shape index (κ3) is 4.32. The second kappa shape index (κ2) is 8.49. The van der Waals surface area contributed by atoms with Crippen molar-refractivity contribution in [3.05, 3.63) is 71.4 Å². The highest BCUT2D eigenvalue weighted by molar-refractivity contribution is 5.76. The average molecular weight is 390 g/mol. The van der Waals surface area contributed by atoms with Gasteiger partial charge < -0.3 is 15.5 Å². The molecule has 2 heterocycles. The first-order chi connectivity index (χ1) is 14.1. The molecule has 1 saturated heterocycles. The van der Waals surface area contributed by atoms with Crippen molar-refractivity contribution >= 4 is 6.03 Å². The Labute approximate surface area is 171 Å². The van der Waals surface area contributed by atoms with Gasteiger partial charge in [-0.2, -0.15) is 5.10 Å². The van der Waals surface area contributed by atoms with Crippen LogP contribution in [0.4, 0.5) is 4.79 Å². The molecule has 4 rings (SSSR count). The molecule has 2 amide bonds. The van der Waals surface area contributed by atoms with Crippen LogP contribution in [0.5, 0.6) is 0 Å². The highest BCUT2D eigenvalue weighted by Gasteiger charge is 2.18. The topological polar surface area (TPSA) is 62.2 Å². The molecule has 0 saturated carbocycles. The van der Waals surface area contributed by atoms with Crippen molar-refractivity contribution in [1.29, 1.82) is 0 Å². The lowest BCUT2D eigenvalue weighted by Gasteiger charge is -2.14. The Morgan fingerprint density at radius 2 is 1.97 bits per heavy atom. The summed E-state index contributed by atoms with van der Waals surface area (Å²) in [6, 6.07) is 16.7. The van der Waals surface area contributed by atoms with E-state index in [1.165, 1.54) is 11.1 Å². The number of carbonyl (C=O) groups excluding carboxylic acids is 1. The monoisotopic (exact) mass is 389 g/mol. The zero-order valence-corrected chi connectivity index (χ0v) is 17.0. The van der Waals surface area contributed by atoms with Gasteiger partial charge in [0, 0.05) is 50.0 Å². The first kappa shape index (κ1) is 19.2. The lowest BCUT2D eigenvalue weighted by atomic mass is 10.1. The van der Waals surface area contributed by atoms with E-state index in [4.69, 9.17) is 5.10 Å². The van der Waals surface area contributed by atoms with Gasteiger partial charge in [0.2, 0.25) is 0 Å². The Hall–Kier alpha value is -3.12. The molecule has 6 heteroatoms. The predicted molar refractivity (Wildman–Crippen MR) is 115 cm³/mol. The molecule has 2 N–H and O–H groups in total. The van der Waals surface area contributed by atoms with Crippen molar-refractivity contribution < 1.29 is 4.79 Å². The van der Waals surface area contributed by atoms with E-state index in [9.17, 15) is 4.79 Å². The summed E-state index contributed by atoms with van der Waals surface area (Å²) >= 11 is 0. The van der Waals surface area contributed by atoms with Crippen molar-refractivity contribution in [2.75, 3.05) is 26.2 Å². The first-order valence-corrected chi connectivity index (χ1v) is 10.1. The second-order valence-electron chi connectivity index (χ2n) is 7.50. The van der Waals surface area contributed by atoms with Gasteiger partial charge >= 0.3 is 6.03 Å². The lowest BCUT2D eigenvalue weighted by molar-refractivity contribution is 0.217. The van der Waals surface area contributed by atoms with Gasteiger partial charge in [-0.3, -0.25) is 0 Å². The highest BCUT2D eigenvalue weighted by Crippen LogP contribution is 2.25. The Morgan fingerprint density at radius 1 is 1.14 bits per heavy atom. The normalized spacial score (nSPS) is 13.7. The molecule has 0 spiro atoms.